The number of hydrogen-bond donors (Lipinski definition) is 1. The highest BCUT2D eigenvalue weighted by molar-refractivity contribution is 6.30. The van der Waals surface area contributed by atoms with Crippen molar-refractivity contribution in [2.45, 2.75) is 33.2 Å². The van der Waals surface area contributed by atoms with Gasteiger partial charge in [0.25, 0.3) is 5.91 Å². The van der Waals surface area contributed by atoms with E-state index in [1.807, 2.05) is 18.2 Å². The van der Waals surface area contributed by atoms with Crippen LogP contribution in [0.3, 0.4) is 0 Å². The molecule has 0 radical (unpaired) electrons. The minimum absolute atomic E-state index is 0.177. The van der Waals surface area contributed by atoms with Crippen LogP contribution >= 0.6 is 11.6 Å². The second-order valence-electron chi connectivity index (χ2n) is 6.06. The van der Waals surface area contributed by atoms with Gasteiger partial charge in [-0.3, -0.25) is 4.79 Å². The van der Waals surface area contributed by atoms with Crippen LogP contribution in [0.15, 0.2) is 54.6 Å². The van der Waals surface area contributed by atoms with Crippen molar-refractivity contribution in [3.05, 3.63) is 82.3 Å². The Hall–Kier alpha value is -2.59. The van der Waals surface area contributed by atoms with Crippen molar-refractivity contribution >= 4 is 23.3 Å². The third kappa shape index (κ3) is 3.97. The zero-order valence-electron chi connectivity index (χ0n) is 15.0. The Bertz CT molecular complexity index is 886. The number of amides is 1. The van der Waals surface area contributed by atoms with Gasteiger partial charge in [0.05, 0.1) is 5.69 Å². The van der Waals surface area contributed by atoms with Gasteiger partial charge in [-0.15, -0.1) is 0 Å². The average Bonchev–Trinajstić information content (AvgIpc) is 2.99. The molecule has 0 spiro atoms. The molecule has 3 aromatic rings. The van der Waals surface area contributed by atoms with Crippen LogP contribution in [0.2, 0.25) is 5.02 Å². The number of benzene rings is 2. The van der Waals surface area contributed by atoms with Gasteiger partial charge in [-0.05, 0) is 36.2 Å². The van der Waals surface area contributed by atoms with Crippen LogP contribution in [-0.2, 0) is 19.4 Å². The van der Waals surface area contributed by atoms with E-state index in [1.165, 1.54) is 5.56 Å². The summed E-state index contributed by atoms with van der Waals surface area (Å²) in [4.78, 5) is 17.2. The van der Waals surface area contributed by atoms with E-state index >= 15 is 0 Å². The van der Waals surface area contributed by atoms with E-state index in [0.29, 0.717) is 16.4 Å². The summed E-state index contributed by atoms with van der Waals surface area (Å²) in [7, 11) is 0. The number of rotatable bonds is 6. The molecule has 0 atom stereocenters. The Morgan fingerprint density at radius 2 is 1.73 bits per heavy atom. The molecule has 3 rings (SSSR count). The summed E-state index contributed by atoms with van der Waals surface area (Å²) in [6, 6.07) is 17.1. The van der Waals surface area contributed by atoms with Crippen molar-refractivity contribution in [2.24, 2.45) is 0 Å². The molecular formula is C21H22ClN3O. The first-order valence-electron chi connectivity index (χ1n) is 8.81. The third-order valence-electron chi connectivity index (χ3n) is 4.32. The first-order valence-corrected chi connectivity index (χ1v) is 9.19. The lowest BCUT2D eigenvalue weighted by molar-refractivity contribution is 0.102. The molecule has 1 N–H and O–H groups in total. The predicted molar refractivity (Wildman–Crippen MR) is 106 cm³/mol. The van der Waals surface area contributed by atoms with Crippen LogP contribution < -0.4 is 5.32 Å². The van der Waals surface area contributed by atoms with Gasteiger partial charge in [0, 0.05) is 23.6 Å². The first-order chi connectivity index (χ1) is 12.6. The van der Waals surface area contributed by atoms with Gasteiger partial charge in [0.1, 0.15) is 5.82 Å². The number of imidazole rings is 1. The molecule has 1 amide bonds. The molecule has 134 valence electrons. The van der Waals surface area contributed by atoms with E-state index in [0.717, 1.165) is 30.9 Å². The van der Waals surface area contributed by atoms with Crippen molar-refractivity contribution in [1.82, 2.24) is 9.55 Å². The highest BCUT2D eigenvalue weighted by Crippen LogP contribution is 2.21. The maximum atomic E-state index is 12.6. The average molecular weight is 368 g/mol. The fourth-order valence-electron chi connectivity index (χ4n) is 3.00. The van der Waals surface area contributed by atoms with E-state index in [1.54, 1.807) is 24.3 Å². The van der Waals surface area contributed by atoms with Crippen LogP contribution in [0, 0.1) is 0 Å². The number of aryl methyl sites for hydroxylation is 1. The molecule has 0 bridgehead atoms. The van der Waals surface area contributed by atoms with Gasteiger partial charge in [-0.2, -0.15) is 0 Å². The lowest BCUT2D eigenvalue weighted by Crippen LogP contribution is -2.14. The van der Waals surface area contributed by atoms with Crippen LogP contribution in [-0.4, -0.2) is 15.5 Å². The fraction of sp³-hybridized carbons (Fsp3) is 0.238. The highest BCUT2D eigenvalue weighted by Gasteiger charge is 2.17. The number of halogens is 1. The number of anilines is 1. The number of hydrogen-bond acceptors (Lipinski definition) is 2. The molecule has 0 aliphatic heterocycles. The third-order valence-corrected chi connectivity index (χ3v) is 4.58. The van der Waals surface area contributed by atoms with Gasteiger partial charge in [0.15, 0.2) is 5.82 Å². The van der Waals surface area contributed by atoms with E-state index in [9.17, 15) is 4.79 Å². The molecule has 26 heavy (non-hydrogen) atoms. The summed E-state index contributed by atoms with van der Waals surface area (Å²) >= 11 is 5.90. The SMILES string of the molecule is CCc1nc(NC(=O)c2ccc(Cl)cc2)c(CC)n1Cc1ccccc1. The highest BCUT2D eigenvalue weighted by atomic mass is 35.5. The van der Waals surface area contributed by atoms with Crippen molar-refractivity contribution < 1.29 is 4.79 Å². The lowest BCUT2D eigenvalue weighted by Gasteiger charge is -2.11. The van der Waals surface area contributed by atoms with Crippen molar-refractivity contribution in [2.75, 3.05) is 5.32 Å². The molecular weight excluding hydrogens is 346 g/mol. The maximum absolute atomic E-state index is 12.6. The number of nitrogens with zero attached hydrogens (tertiary/aromatic N) is 2. The zero-order chi connectivity index (χ0) is 18.5. The second kappa shape index (κ2) is 8.19. The largest absolute Gasteiger partial charge is 0.326 e. The quantitative estimate of drug-likeness (QED) is 0.669. The smallest absolute Gasteiger partial charge is 0.256 e. The summed E-state index contributed by atoms with van der Waals surface area (Å²) in [6.07, 6.45) is 1.59. The van der Waals surface area contributed by atoms with Crippen LogP contribution in [0.4, 0.5) is 5.82 Å². The maximum Gasteiger partial charge on any atom is 0.256 e. The van der Waals surface area contributed by atoms with Gasteiger partial charge in [-0.1, -0.05) is 55.8 Å². The van der Waals surface area contributed by atoms with Crippen LogP contribution in [0.5, 0.6) is 0 Å². The Kier molecular flexibility index (Phi) is 5.74. The number of nitrogens with one attached hydrogen (secondary N) is 1. The second-order valence-corrected chi connectivity index (χ2v) is 6.50. The molecule has 0 aliphatic rings. The van der Waals surface area contributed by atoms with Gasteiger partial charge >= 0.3 is 0 Å². The number of carbonyl (C=O) groups excluding carboxylic acids is 1. The number of carbonyl (C=O) groups is 1. The normalized spacial score (nSPS) is 10.7. The molecule has 0 aliphatic carbocycles. The molecule has 5 heteroatoms. The summed E-state index contributed by atoms with van der Waals surface area (Å²) in [5, 5.41) is 3.57. The Morgan fingerprint density at radius 3 is 2.35 bits per heavy atom. The number of aromatic nitrogens is 2. The van der Waals surface area contributed by atoms with Gasteiger partial charge in [0.2, 0.25) is 0 Å². The first kappa shape index (κ1) is 18.2. The summed E-state index contributed by atoms with van der Waals surface area (Å²) in [5.41, 5.74) is 2.81. The topological polar surface area (TPSA) is 46.9 Å². The van der Waals surface area contributed by atoms with Crippen molar-refractivity contribution in [3.63, 3.8) is 0 Å². The summed E-state index contributed by atoms with van der Waals surface area (Å²) in [6.45, 7) is 4.90. The van der Waals surface area contributed by atoms with Crippen molar-refractivity contribution in [3.8, 4) is 0 Å². The predicted octanol–water partition coefficient (Wildman–Crippen LogP) is 4.96. The fourth-order valence-corrected chi connectivity index (χ4v) is 3.13. The Morgan fingerprint density at radius 1 is 1.04 bits per heavy atom. The molecule has 0 fully saturated rings. The molecule has 0 unspecified atom stereocenters. The van der Waals surface area contributed by atoms with Crippen LogP contribution in [0.1, 0.15) is 41.3 Å². The molecule has 1 heterocycles. The van der Waals surface area contributed by atoms with E-state index < -0.39 is 0 Å². The van der Waals surface area contributed by atoms with Crippen molar-refractivity contribution in [1.29, 1.82) is 0 Å². The zero-order valence-corrected chi connectivity index (χ0v) is 15.8. The van der Waals surface area contributed by atoms with Crippen LogP contribution in [0.25, 0.3) is 0 Å². The lowest BCUT2D eigenvalue weighted by atomic mass is 10.2. The molecule has 2 aromatic carbocycles. The van der Waals surface area contributed by atoms with E-state index in [-0.39, 0.29) is 5.91 Å². The standard InChI is InChI=1S/C21H22ClN3O/c1-3-18-20(24-21(26)16-10-12-17(22)13-11-16)23-19(4-2)25(18)14-15-8-6-5-7-9-15/h5-13H,3-4,14H2,1-2H3,(H,24,26). The monoisotopic (exact) mass is 367 g/mol. The Labute approximate surface area is 158 Å². The van der Waals surface area contributed by atoms with E-state index in [4.69, 9.17) is 11.6 Å². The minimum Gasteiger partial charge on any atom is -0.326 e. The summed E-state index contributed by atoms with van der Waals surface area (Å²) in [5.74, 6) is 1.43. The molecule has 0 saturated heterocycles. The van der Waals surface area contributed by atoms with Gasteiger partial charge < -0.3 is 9.88 Å². The summed E-state index contributed by atoms with van der Waals surface area (Å²) < 4.78 is 2.20. The molecule has 0 saturated carbocycles. The molecule has 4 nitrogen and oxygen atoms in total. The molecule has 1 aromatic heterocycles. The van der Waals surface area contributed by atoms with E-state index in [2.05, 4.69) is 40.8 Å². The van der Waals surface area contributed by atoms with Gasteiger partial charge in [-0.25, -0.2) is 4.98 Å². The Balaban J connectivity index is 1.89. The minimum atomic E-state index is -0.177.